The predicted molar refractivity (Wildman–Crippen MR) is 95.8 cm³/mol. The van der Waals surface area contributed by atoms with Gasteiger partial charge in [0.25, 0.3) is 0 Å². The first-order chi connectivity index (χ1) is 10.9. The van der Waals surface area contributed by atoms with Crippen molar-refractivity contribution in [1.29, 1.82) is 0 Å². The smallest absolute Gasteiger partial charge is 0.351 e. The van der Waals surface area contributed by atoms with Crippen molar-refractivity contribution in [2.75, 3.05) is 6.61 Å². The Balaban J connectivity index is 2.84. The zero-order chi connectivity index (χ0) is 18.3. The largest absolute Gasteiger partial charge is 0.462 e. The zero-order valence-corrected chi connectivity index (χ0v) is 15.6. The van der Waals surface area contributed by atoms with E-state index in [2.05, 4.69) is 47.6 Å². The lowest BCUT2D eigenvalue weighted by atomic mass is 9.79. The highest BCUT2D eigenvalue weighted by atomic mass is 16.5. The Bertz CT molecular complexity index is 830. The summed E-state index contributed by atoms with van der Waals surface area (Å²) in [6, 6.07) is 5.66. The van der Waals surface area contributed by atoms with Crippen LogP contribution in [0.4, 0.5) is 0 Å². The minimum atomic E-state index is -0.657. The Hall–Kier alpha value is -2.10. The van der Waals surface area contributed by atoms with Crippen LogP contribution in [0.15, 0.2) is 27.4 Å². The van der Waals surface area contributed by atoms with Gasteiger partial charge in [0.1, 0.15) is 11.1 Å². The highest BCUT2D eigenvalue weighted by molar-refractivity contribution is 5.93. The van der Waals surface area contributed by atoms with Gasteiger partial charge < -0.3 is 9.15 Å². The quantitative estimate of drug-likeness (QED) is 0.598. The molecule has 1 heterocycles. The molecule has 1 aromatic carbocycles. The molecule has 2 rings (SSSR count). The maximum atomic E-state index is 12.2. The van der Waals surface area contributed by atoms with Gasteiger partial charge in [-0.1, -0.05) is 47.6 Å². The molecular formula is C20H26O4. The monoisotopic (exact) mass is 330 g/mol. The van der Waals surface area contributed by atoms with Crippen LogP contribution in [-0.4, -0.2) is 12.6 Å². The summed E-state index contributed by atoms with van der Waals surface area (Å²) in [4.78, 5) is 24.2. The van der Waals surface area contributed by atoms with Gasteiger partial charge in [-0.05, 0) is 35.4 Å². The summed E-state index contributed by atoms with van der Waals surface area (Å²) < 4.78 is 10.5. The van der Waals surface area contributed by atoms with Crippen molar-refractivity contribution in [3.63, 3.8) is 0 Å². The van der Waals surface area contributed by atoms with Crippen molar-refractivity contribution >= 4 is 16.9 Å². The van der Waals surface area contributed by atoms with Crippen LogP contribution >= 0.6 is 0 Å². The van der Waals surface area contributed by atoms with E-state index in [0.29, 0.717) is 5.58 Å². The molecule has 4 heteroatoms. The van der Waals surface area contributed by atoms with Crippen LogP contribution < -0.4 is 5.63 Å². The fraction of sp³-hybridized carbons (Fsp3) is 0.500. The number of benzene rings is 1. The Morgan fingerprint density at radius 1 is 1.04 bits per heavy atom. The van der Waals surface area contributed by atoms with Crippen molar-refractivity contribution < 1.29 is 13.9 Å². The van der Waals surface area contributed by atoms with Gasteiger partial charge in [0.15, 0.2) is 0 Å². The molecule has 24 heavy (non-hydrogen) atoms. The summed E-state index contributed by atoms with van der Waals surface area (Å²) in [5.74, 6) is -0.647. The summed E-state index contributed by atoms with van der Waals surface area (Å²) in [7, 11) is 0. The van der Waals surface area contributed by atoms with Crippen LogP contribution in [0.1, 0.15) is 70.0 Å². The molecule has 0 aliphatic heterocycles. The van der Waals surface area contributed by atoms with E-state index < -0.39 is 11.6 Å². The van der Waals surface area contributed by atoms with Crippen molar-refractivity contribution in [3.05, 3.63) is 45.3 Å². The molecule has 2 aromatic rings. The van der Waals surface area contributed by atoms with E-state index in [1.54, 1.807) is 13.0 Å². The van der Waals surface area contributed by atoms with E-state index in [9.17, 15) is 9.59 Å². The predicted octanol–water partition coefficient (Wildman–Crippen LogP) is 4.56. The molecule has 0 N–H and O–H groups in total. The van der Waals surface area contributed by atoms with E-state index in [4.69, 9.17) is 9.15 Å². The van der Waals surface area contributed by atoms with Crippen molar-refractivity contribution in [2.45, 2.75) is 59.3 Å². The van der Waals surface area contributed by atoms with Crippen LogP contribution in [0.2, 0.25) is 0 Å². The first kappa shape index (κ1) is 18.2. The highest BCUT2D eigenvalue weighted by Gasteiger charge is 2.25. The average Bonchev–Trinajstić information content (AvgIpc) is 2.43. The second-order valence-electron chi connectivity index (χ2n) is 8.11. The summed E-state index contributed by atoms with van der Waals surface area (Å²) >= 11 is 0. The molecule has 4 nitrogen and oxygen atoms in total. The topological polar surface area (TPSA) is 56.5 Å². The molecule has 0 radical (unpaired) electrons. The van der Waals surface area contributed by atoms with E-state index in [1.807, 2.05) is 6.07 Å². The van der Waals surface area contributed by atoms with E-state index in [1.165, 1.54) is 0 Å². The third kappa shape index (κ3) is 3.53. The van der Waals surface area contributed by atoms with Crippen molar-refractivity contribution in [1.82, 2.24) is 0 Å². The Morgan fingerprint density at radius 3 is 2.17 bits per heavy atom. The molecule has 0 spiro atoms. The number of hydrogen-bond donors (Lipinski definition) is 0. The minimum Gasteiger partial charge on any atom is -0.462 e. The Kier molecular flexibility index (Phi) is 4.62. The number of hydrogen-bond acceptors (Lipinski definition) is 4. The molecule has 0 atom stereocenters. The number of rotatable bonds is 2. The molecule has 0 aliphatic carbocycles. The van der Waals surface area contributed by atoms with E-state index >= 15 is 0 Å². The van der Waals surface area contributed by atoms with Gasteiger partial charge in [-0.25, -0.2) is 9.59 Å². The van der Waals surface area contributed by atoms with E-state index in [-0.39, 0.29) is 23.0 Å². The summed E-state index contributed by atoms with van der Waals surface area (Å²) in [5.41, 5.74) is 1.65. The fourth-order valence-corrected chi connectivity index (χ4v) is 2.58. The number of carbonyl (C=O) groups excluding carboxylic acids is 1. The molecular weight excluding hydrogens is 304 g/mol. The fourth-order valence-electron chi connectivity index (χ4n) is 2.58. The van der Waals surface area contributed by atoms with Crippen LogP contribution in [0, 0.1) is 0 Å². The van der Waals surface area contributed by atoms with Gasteiger partial charge in [0, 0.05) is 10.9 Å². The summed E-state index contributed by atoms with van der Waals surface area (Å²) in [6.07, 6.45) is 0. The van der Waals surface area contributed by atoms with Gasteiger partial charge in [0.2, 0.25) is 0 Å². The normalized spacial score (nSPS) is 12.5. The number of fused-ring (bicyclic) bond motifs is 1. The maximum absolute atomic E-state index is 12.2. The van der Waals surface area contributed by atoms with Crippen LogP contribution in [0.5, 0.6) is 0 Å². The highest BCUT2D eigenvalue weighted by Crippen LogP contribution is 2.35. The third-order valence-electron chi connectivity index (χ3n) is 4.00. The van der Waals surface area contributed by atoms with Gasteiger partial charge >= 0.3 is 11.6 Å². The number of esters is 1. The van der Waals surface area contributed by atoms with Crippen LogP contribution in [-0.2, 0) is 15.6 Å². The molecule has 1 aromatic heterocycles. The summed E-state index contributed by atoms with van der Waals surface area (Å²) in [6.45, 7) is 14.5. The Morgan fingerprint density at radius 2 is 1.67 bits per heavy atom. The van der Waals surface area contributed by atoms with Crippen molar-refractivity contribution in [2.24, 2.45) is 0 Å². The number of ether oxygens (including phenoxy) is 1. The van der Waals surface area contributed by atoms with Gasteiger partial charge in [-0.2, -0.15) is 0 Å². The van der Waals surface area contributed by atoms with Gasteiger partial charge in [-0.15, -0.1) is 0 Å². The second kappa shape index (κ2) is 6.08. The SMILES string of the molecule is CCOC(=O)c1cc2cc(C(C)(C)C)cc(C(C)(C)C)c2oc1=O. The van der Waals surface area contributed by atoms with Crippen LogP contribution in [0.25, 0.3) is 11.0 Å². The molecule has 0 saturated carbocycles. The first-order valence-corrected chi connectivity index (χ1v) is 8.25. The summed E-state index contributed by atoms with van der Waals surface area (Å²) in [5, 5.41) is 0.745. The molecule has 0 bridgehead atoms. The van der Waals surface area contributed by atoms with Crippen LogP contribution in [0.3, 0.4) is 0 Å². The lowest BCUT2D eigenvalue weighted by molar-refractivity contribution is 0.0522. The lowest BCUT2D eigenvalue weighted by Gasteiger charge is -2.26. The Labute approximate surface area is 142 Å². The molecule has 130 valence electrons. The standard InChI is InChI=1S/C20H26O4/c1-8-23-17(21)14-10-12-9-13(19(2,3)4)11-15(20(5,6)7)16(12)24-18(14)22/h9-11H,8H2,1-7H3. The molecule has 0 saturated heterocycles. The third-order valence-corrected chi connectivity index (χ3v) is 4.00. The van der Waals surface area contributed by atoms with E-state index in [0.717, 1.165) is 16.5 Å². The lowest BCUT2D eigenvalue weighted by Crippen LogP contribution is -2.20. The molecule has 0 aliphatic rings. The zero-order valence-electron chi connectivity index (χ0n) is 15.6. The van der Waals surface area contributed by atoms with Gasteiger partial charge in [0.05, 0.1) is 6.61 Å². The average molecular weight is 330 g/mol. The molecule has 0 fully saturated rings. The minimum absolute atomic E-state index is 0.0599. The number of carbonyl (C=O) groups is 1. The van der Waals surface area contributed by atoms with Crippen molar-refractivity contribution in [3.8, 4) is 0 Å². The molecule has 0 amide bonds. The first-order valence-electron chi connectivity index (χ1n) is 8.25. The molecule has 0 unspecified atom stereocenters. The maximum Gasteiger partial charge on any atom is 0.351 e. The van der Waals surface area contributed by atoms with Gasteiger partial charge in [-0.3, -0.25) is 0 Å². The second-order valence-corrected chi connectivity index (χ2v) is 8.11.